The lowest BCUT2D eigenvalue weighted by Crippen LogP contribution is -2.03. The lowest BCUT2D eigenvalue weighted by Gasteiger charge is -2.04. The summed E-state index contributed by atoms with van der Waals surface area (Å²) in [7, 11) is 0. The van der Waals surface area contributed by atoms with Crippen LogP contribution in [0.25, 0.3) is 5.69 Å². The summed E-state index contributed by atoms with van der Waals surface area (Å²) in [4.78, 5) is 0. The molecule has 0 fully saturated rings. The highest BCUT2D eigenvalue weighted by Gasteiger charge is 2.11. The van der Waals surface area contributed by atoms with Crippen LogP contribution < -0.4 is 5.73 Å². The van der Waals surface area contributed by atoms with E-state index in [0.717, 1.165) is 11.8 Å². The minimum absolute atomic E-state index is 0.187. The van der Waals surface area contributed by atoms with E-state index in [1.807, 2.05) is 0 Å². The SMILES string of the molecule is C=CCn1c(N)nnc1SCc1ccn(-c2ccc(F)cc2F)n1. The second kappa shape index (κ2) is 6.83. The van der Waals surface area contributed by atoms with E-state index >= 15 is 0 Å². The summed E-state index contributed by atoms with van der Waals surface area (Å²) in [6.45, 7) is 4.18. The molecule has 2 aromatic heterocycles. The molecule has 0 bridgehead atoms. The van der Waals surface area contributed by atoms with Gasteiger partial charge in [0.1, 0.15) is 11.5 Å². The molecular weight excluding hydrogens is 334 g/mol. The molecule has 24 heavy (non-hydrogen) atoms. The first-order valence-corrected chi connectivity index (χ1v) is 7.99. The second-order valence-corrected chi connectivity index (χ2v) is 5.82. The Bertz CT molecular complexity index is 873. The van der Waals surface area contributed by atoms with E-state index < -0.39 is 11.6 Å². The summed E-state index contributed by atoms with van der Waals surface area (Å²) >= 11 is 1.41. The van der Waals surface area contributed by atoms with Gasteiger partial charge in [0.15, 0.2) is 11.0 Å². The summed E-state index contributed by atoms with van der Waals surface area (Å²) in [6, 6.07) is 5.12. The van der Waals surface area contributed by atoms with Crippen molar-refractivity contribution in [3.05, 3.63) is 60.4 Å². The molecule has 0 aliphatic carbocycles. The Morgan fingerprint density at radius 1 is 1.25 bits per heavy atom. The van der Waals surface area contributed by atoms with Crippen molar-refractivity contribution < 1.29 is 8.78 Å². The Balaban J connectivity index is 1.74. The average molecular weight is 348 g/mol. The first kappa shape index (κ1) is 16.2. The van der Waals surface area contributed by atoms with Crippen molar-refractivity contribution in [3.8, 4) is 5.69 Å². The van der Waals surface area contributed by atoms with Gasteiger partial charge >= 0.3 is 0 Å². The molecule has 2 N–H and O–H groups in total. The van der Waals surface area contributed by atoms with Crippen LogP contribution in [-0.4, -0.2) is 24.5 Å². The zero-order chi connectivity index (χ0) is 17.1. The van der Waals surface area contributed by atoms with Gasteiger partial charge in [-0.05, 0) is 18.2 Å². The molecule has 3 rings (SSSR count). The van der Waals surface area contributed by atoms with Crippen LogP contribution in [0.4, 0.5) is 14.7 Å². The summed E-state index contributed by atoms with van der Waals surface area (Å²) in [5, 5.41) is 12.8. The normalized spacial score (nSPS) is 10.9. The van der Waals surface area contributed by atoms with Crippen LogP contribution in [-0.2, 0) is 12.3 Å². The maximum absolute atomic E-state index is 13.8. The van der Waals surface area contributed by atoms with Crippen molar-refractivity contribution in [3.63, 3.8) is 0 Å². The number of nitrogens with zero attached hydrogens (tertiary/aromatic N) is 5. The molecule has 0 aliphatic rings. The number of thioether (sulfide) groups is 1. The fourth-order valence-corrected chi connectivity index (χ4v) is 2.94. The Labute approximate surface area is 141 Å². The molecular formula is C15H14F2N6S. The predicted molar refractivity (Wildman–Crippen MR) is 87.7 cm³/mol. The Kier molecular flexibility index (Phi) is 4.61. The van der Waals surface area contributed by atoms with Gasteiger partial charge in [-0.2, -0.15) is 5.10 Å². The van der Waals surface area contributed by atoms with Crippen molar-refractivity contribution in [2.75, 3.05) is 5.73 Å². The smallest absolute Gasteiger partial charge is 0.222 e. The molecule has 124 valence electrons. The van der Waals surface area contributed by atoms with Gasteiger partial charge in [0.05, 0.1) is 5.69 Å². The minimum Gasteiger partial charge on any atom is -0.368 e. The lowest BCUT2D eigenvalue weighted by atomic mass is 10.3. The van der Waals surface area contributed by atoms with Crippen LogP contribution in [0.5, 0.6) is 0 Å². The molecule has 0 spiro atoms. The number of nitrogens with two attached hydrogens (primary N) is 1. The van der Waals surface area contributed by atoms with Gasteiger partial charge in [-0.3, -0.25) is 4.57 Å². The summed E-state index contributed by atoms with van der Waals surface area (Å²) < 4.78 is 29.9. The van der Waals surface area contributed by atoms with E-state index in [9.17, 15) is 8.78 Å². The molecule has 2 heterocycles. The average Bonchev–Trinajstić information content (AvgIpc) is 3.14. The van der Waals surface area contributed by atoms with E-state index in [1.54, 1.807) is 22.9 Å². The van der Waals surface area contributed by atoms with Gasteiger partial charge in [0.2, 0.25) is 5.95 Å². The summed E-state index contributed by atoms with van der Waals surface area (Å²) in [5.74, 6) is -0.476. The molecule has 0 atom stereocenters. The van der Waals surface area contributed by atoms with Crippen LogP contribution in [0.2, 0.25) is 0 Å². The number of aromatic nitrogens is 5. The number of anilines is 1. The number of allylic oxidation sites excluding steroid dienone is 1. The lowest BCUT2D eigenvalue weighted by molar-refractivity contribution is 0.573. The molecule has 1 aromatic carbocycles. The molecule has 9 heteroatoms. The molecule has 0 saturated carbocycles. The molecule has 3 aromatic rings. The van der Waals surface area contributed by atoms with Crippen LogP contribution in [0.15, 0.2) is 48.3 Å². The third-order valence-corrected chi connectivity index (χ3v) is 4.21. The molecule has 0 unspecified atom stereocenters. The number of hydrogen-bond acceptors (Lipinski definition) is 5. The molecule has 0 radical (unpaired) electrons. The first-order valence-electron chi connectivity index (χ1n) is 7.01. The second-order valence-electron chi connectivity index (χ2n) is 4.88. The molecule has 0 saturated heterocycles. The Morgan fingerprint density at radius 2 is 2.08 bits per heavy atom. The highest BCUT2D eigenvalue weighted by atomic mass is 32.2. The minimum atomic E-state index is -0.671. The van der Waals surface area contributed by atoms with E-state index in [1.165, 1.54) is 28.6 Å². The topological polar surface area (TPSA) is 74.6 Å². The van der Waals surface area contributed by atoms with Crippen LogP contribution in [0.1, 0.15) is 5.69 Å². The van der Waals surface area contributed by atoms with Crippen LogP contribution in [0, 0.1) is 11.6 Å². The first-order chi connectivity index (χ1) is 11.6. The standard InChI is InChI=1S/C15H14F2N6S/c1-2-6-22-14(18)19-20-15(22)24-9-11-5-7-23(21-11)13-4-3-10(16)8-12(13)17/h2-5,7-8H,1,6,9H2,(H2,18,19). The maximum Gasteiger partial charge on any atom is 0.222 e. The predicted octanol–water partition coefficient (Wildman–Crippen LogP) is 2.80. The van der Waals surface area contributed by atoms with Crippen molar-refractivity contribution >= 4 is 17.7 Å². The largest absolute Gasteiger partial charge is 0.368 e. The van der Waals surface area contributed by atoms with Gasteiger partial charge in [0, 0.05) is 24.6 Å². The number of halogens is 2. The van der Waals surface area contributed by atoms with Gasteiger partial charge < -0.3 is 5.73 Å². The Morgan fingerprint density at radius 3 is 2.83 bits per heavy atom. The van der Waals surface area contributed by atoms with Crippen molar-refractivity contribution in [1.29, 1.82) is 0 Å². The van der Waals surface area contributed by atoms with E-state index in [4.69, 9.17) is 5.73 Å². The fourth-order valence-electron chi connectivity index (χ4n) is 2.09. The van der Waals surface area contributed by atoms with Crippen molar-refractivity contribution in [2.24, 2.45) is 0 Å². The molecule has 0 aliphatic heterocycles. The zero-order valence-corrected chi connectivity index (χ0v) is 13.4. The van der Waals surface area contributed by atoms with Crippen molar-refractivity contribution in [1.82, 2.24) is 24.5 Å². The zero-order valence-electron chi connectivity index (χ0n) is 12.6. The third-order valence-electron chi connectivity index (χ3n) is 3.21. The third kappa shape index (κ3) is 3.30. The van der Waals surface area contributed by atoms with Gasteiger partial charge in [-0.25, -0.2) is 13.5 Å². The quantitative estimate of drug-likeness (QED) is 0.548. The van der Waals surface area contributed by atoms with Crippen LogP contribution in [0.3, 0.4) is 0 Å². The maximum atomic E-state index is 13.8. The fraction of sp³-hybridized carbons (Fsp3) is 0.133. The summed E-state index contributed by atoms with van der Waals surface area (Å²) in [6.07, 6.45) is 3.32. The van der Waals surface area contributed by atoms with Gasteiger partial charge in [-0.1, -0.05) is 17.8 Å². The Hall–Kier alpha value is -2.68. The van der Waals surface area contributed by atoms with E-state index in [2.05, 4.69) is 21.9 Å². The van der Waals surface area contributed by atoms with Crippen molar-refractivity contribution in [2.45, 2.75) is 17.5 Å². The molecule has 6 nitrogen and oxygen atoms in total. The number of hydrogen-bond donors (Lipinski definition) is 1. The van der Waals surface area contributed by atoms with Gasteiger partial charge in [-0.15, -0.1) is 16.8 Å². The number of benzene rings is 1. The number of nitrogen functional groups attached to an aromatic ring is 1. The monoisotopic (exact) mass is 348 g/mol. The van der Waals surface area contributed by atoms with E-state index in [0.29, 0.717) is 23.4 Å². The summed E-state index contributed by atoms with van der Waals surface area (Å²) in [5.41, 5.74) is 6.65. The molecule has 0 amide bonds. The van der Waals surface area contributed by atoms with Crippen LogP contribution >= 0.6 is 11.8 Å². The van der Waals surface area contributed by atoms with E-state index in [-0.39, 0.29) is 5.69 Å². The number of rotatable bonds is 6. The van der Waals surface area contributed by atoms with Gasteiger partial charge in [0.25, 0.3) is 0 Å². The highest BCUT2D eigenvalue weighted by molar-refractivity contribution is 7.98. The highest BCUT2D eigenvalue weighted by Crippen LogP contribution is 2.23.